The molecule has 0 aliphatic heterocycles. The second-order valence-corrected chi connectivity index (χ2v) is 4.86. The predicted molar refractivity (Wildman–Crippen MR) is 75.4 cm³/mol. The summed E-state index contributed by atoms with van der Waals surface area (Å²) in [7, 11) is 0. The first kappa shape index (κ1) is 25.3. The average Bonchev–Trinajstić information content (AvgIpc) is 2.44. The van der Waals surface area contributed by atoms with Gasteiger partial charge >= 0.3 is 23.7 Å². The van der Waals surface area contributed by atoms with E-state index in [9.17, 15) is 5.11 Å². The summed E-state index contributed by atoms with van der Waals surface area (Å²) in [6.07, 6.45) is 0. The third kappa shape index (κ3) is 13.3. The zero-order valence-electron chi connectivity index (χ0n) is 13.8. The number of aliphatic hydroxyl groups excluding tert-OH is 1. The summed E-state index contributed by atoms with van der Waals surface area (Å²) in [6, 6.07) is 0. The molecule has 5 nitrogen and oxygen atoms in total. The fourth-order valence-electron chi connectivity index (χ4n) is 1.47. The van der Waals surface area contributed by atoms with Gasteiger partial charge in [-0.3, -0.25) is 0 Å². The van der Waals surface area contributed by atoms with E-state index in [0.717, 1.165) is 20.4 Å². The molecular formula is C14H32O5Ti. The summed E-state index contributed by atoms with van der Waals surface area (Å²) in [5, 5.41) is 18.2. The zero-order valence-corrected chi connectivity index (χ0v) is 15.4. The molecule has 0 aromatic carbocycles. The number of aliphatic hydroxyl groups is 2. The molecule has 0 saturated heterocycles. The Morgan fingerprint density at radius 2 is 1.40 bits per heavy atom. The van der Waals surface area contributed by atoms with Gasteiger partial charge in [0.1, 0.15) is 0 Å². The van der Waals surface area contributed by atoms with Gasteiger partial charge in [0.25, 0.3) is 0 Å². The van der Waals surface area contributed by atoms with E-state index in [4.69, 9.17) is 17.9 Å². The quantitative estimate of drug-likeness (QED) is 0.526. The molecule has 0 atom stereocenters. The van der Waals surface area contributed by atoms with Crippen LogP contribution < -0.4 is 0 Å². The number of ether oxygens (including phenoxy) is 2. The van der Waals surface area contributed by atoms with Crippen LogP contribution in [-0.4, -0.2) is 48.8 Å². The van der Waals surface area contributed by atoms with Crippen LogP contribution in [0.1, 0.15) is 41.5 Å². The van der Waals surface area contributed by atoms with Gasteiger partial charge in [0.15, 0.2) is 0 Å². The van der Waals surface area contributed by atoms with Gasteiger partial charge < -0.3 is 19.7 Å². The van der Waals surface area contributed by atoms with Gasteiger partial charge in [-0.1, -0.05) is 27.7 Å². The van der Waals surface area contributed by atoms with Crippen LogP contribution in [-0.2, 0) is 33.2 Å². The Hall–Kier alpha value is 0.354. The summed E-state index contributed by atoms with van der Waals surface area (Å²) >= 11 is 0.750. The van der Waals surface area contributed by atoms with Gasteiger partial charge in [0.05, 0.1) is 25.4 Å². The normalized spacial score (nSPS) is 10.7. The Kier molecular flexibility index (Phi) is 22.0. The van der Waals surface area contributed by atoms with Crippen LogP contribution in [0.25, 0.3) is 0 Å². The fraction of sp³-hybridized carbons (Fsp3) is 1.00. The SMILES string of the molecule is CCOCC(O)(C(C)C)C(C)C.CCOCCO.[O]=[Ti]. The number of rotatable bonds is 8. The van der Waals surface area contributed by atoms with Gasteiger partial charge in [0.2, 0.25) is 0 Å². The van der Waals surface area contributed by atoms with E-state index in [2.05, 4.69) is 0 Å². The maximum atomic E-state index is 10.2. The van der Waals surface area contributed by atoms with Gasteiger partial charge in [-0.05, 0) is 25.7 Å². The monoisotopic (exact) mass is 328 g/mol. The Morgan fingerprint density at radius 1 is 1.00 bits per heavy atom. The Morgan fingerprint density at radius 3 is 1.60 bits per heavy atom. The topological polar surface area (TPSA) is 76.0 Å². The molecule has 0 heterocycles. The van der Waals surface area contributed by atoms with Crippen molar-refractivity contribution in [3.05, 3.63) is 0 Å². The zero-order chi connectivity index (χ0) is 16.6. The average molecular weight is 328 g/mol. The van der Waals surface area contributed by atoms with Crippen molar-refractivity contribution < 1.29 is 43.4 Å². The standard InChI is InChI=1S/C10H22O2.C4H10O2.O.Ti/c1-6-12-7-10(11,8(2)3)9(4)5;1-2-6-4-3-5;;/h8-9,11H,6-7H2,1-5H3;5H,2-4H2,1H3;;. The predicted octanol–water partition coefficient (Wildman–Crippen LogP) is 1.96. The van der Waals surface area contributed by atoms with Crippen LogP contribution in [0, 0.1) is 11.8 Å². The van der Waals surface area contributed by atoms with Crippen molar-refractivity contribution in [2.75, 3.05) is 33.0 Å². The summed E-state index contributed by atoms with van der Waals surface area (Å²) in [4.78, 5) is 0. The molecule has 20 heavy (non-hydrogen) atoms. The first-order chi connectivity index (χ1) is 9.36. The van der Waals surface area contributed by atoms with Crippen LogP contribution in [0.15, 0.2) is 0 Å². The fourth-order valence-corrected chi connectivity index (χ4v) is 1.47. The van der Waals surface area contributed by atoms with Gasteiger partial charge in [-0.25, -0.2) is 0 Å². The van der Waals surface area contributed by atoms with E-state index in [-0.39, 0.29) is 18.4 Å². The van der Waals surface area contributed by atoms with E-state index in [1.807, 2.05) is 41.5 Å². The van der Waals surface area contributed by atoms with Crippen LogP contribution in [0.3, 0.4) is 0 Å². The molecule has 0 radical (unpaired) electrons. The first-order valence-electron chi connectivity index (χ1n) is 7.05. The molecule has 0 aliphatic carbocycles. The molecule has 0 aliphatic rings. The number of hydrogen-bond acceptors (Lipinski definition) is 5. The minimum atomic E-state index is -0.671. The van der Waals surface area contributed by atoms with Crippen molar-refractivity contribution in [1.82, 2.24) is 0 Å². The van der Waals surface area contributed by atoms with Crippen LogP contribution in [0.4, 0.5) is 0 Å². The van der Waals surface area contributed by atoms with E-state index >= 15 is 0 Å². The summed E-state index contributed by atoms with van der Waals surface area (Å²) in [5.74, 6) is 0.480. The van der Waals surface area contributed by atoms with Gasteiger partial charge in [0, 0.05) is 13.2 Å². The summed E-state index contributed by atoms with van der Waals surface area (Å²) in [5.41, 5.74) is -0.671. The third-order valence-electron chi connectivity index (χ3n) is 2.98. The van der Waals surface area contributed by atoms with Crippen molar-refractivity contribution in [3.63, 3.8) is 0 Å². The number of hydrogen-bond donors (Lipinski definition) is 2. The van der Waals surface area contributed by atoms with Crippen LogP contribution >= 0.6 is 0 Å². The summed E-state index contributed by atoms with van der Waals surface area (Å²) < 4.78 is 18.3. The first-order valence-corrected chi connectivity index (χ1v) is 7.69. The Bertz CT molecular complexity index is 176. The van der Waals surface area contributed by atoms with E-state index < -0.39 is 5.60 Å². The molecule has 0 bridgehead atoms. The van der Waals surface area contributed by atoms with E-state index in [0.29, 0.717) is 26.4 Å². The van der Waals surface area contributed by atoms with Gasteiger partial charge in [-0.2, -0.15) is 0 Å². The molecule has 0 rings (SSSR count). The molecule has 0 spiro atoms. The molecule has 0 fully saturated rings. The molecule has 0 aromatic rings. The minimum absolute atomic E-state index is 0.133. The Balaban J connectivity index is -0.000000304. The maximum absolute atomic E-state index is 10.2. The van der Waals surface area contributed by atoms with Crippen molar-refractivity contribution in [2.45, 2.75) is 47.1 Å². The van der Waals surface area contributed by atoms with E-state index in [1.54, 1.807) is 0 Å². The van der Waals surface area contributed by atoms with Crippen LogP contribution in [0.2, 0.25) is 0 Å². The van der Waals surface area contributed by atoms with Gasteiger partial charge in [-0.15, -0.1) is 0 Å². The molecule has 122 valence electrons. The second-order valence-electron chi connectivity index (χ2n) is 4.86. The van der Waals surface area contributed by atoms with Crippen LogP contribution in [0.5, 0.6) is 0 Å². The molecular weight excluding hydrogens is 296 g/mol. The molecule has 0 unspecified atom stereocenters. The van der Waals surface area contributed by atoms with Crippen molar-refractivity contribution in [1.29, 1.82) is 0 Å². The third-order valence-corrected chi connectivity index (χ3v) is 2.98. The molecule has 6 heteroatoms. The molecule has 0 amide bonds. The molecule has 0 saturated carbocycles. The van der Waals surface area contributed by atoms with E-state index in [1.165, 1.54) is 0 Å². The van der Waals surface area contributed by atoms with Crippen molar-refractivity contribution in [3.8, 4) is 0 Å². The molecule has 2 N–H and O–H groups in total. The van der Waals surface area contributed by atoms with Crippen molar-refractivity contribution >= 4 is 0 Å². The second kappa shape index (κ2) is 17.4. The molecule has 0 aromatic heterocycles. The Labute approximate surface area is 135 Å². The van der Waals surface area contributed by atoms with Crippen molar-refractivity contribution in [2.24, 2.45) is 11.8 Å². The summed E-state index contributed by atoms with van der Waals surface area (Å²) in [6.45, 7) is 14.4.